The molecule has 0 saturated heterocycles. The highest BCUT2D eigenvalue weighted by atomic mass is 35.5. The van der Waals surface area contributed by atoms with E-state index in [0.717, 1.165) is 25.6 Å². The topological polar surface area (TPSA) is 29.1 Å². The van der Waals surface area contributed by atoms with E-state index in [2.05, 4.69) is 71.1 Å². The Bertz CT molecular complexity index is 1470. The van der Waals surface area contributed by atoms with Crippen molar-refractivity contribution in [2.45, 2.75) is 18.4 Å². The summed E-state index contributed by atoms with van der Waals surface area (Å²) >= 11 is 3.25. The van der Waals surface area contributed by atoms with E-state index >= 15 is 0 Å². The van der Waals surface area contributed by atoms with E-state index in [4.69, 9.17) is 0 Å². The van der Waals surface area contributed by atoms with Gasteiger partial charge in [-0.15, -0.1) is 11.3 Å². The highest BCUT2D eigenvalue weighted by molar-refractivity contribution is 8.08. The molecule has 0 spiro atoms. The zero-order valence-corrected chi connectivity index (χ0v) is 19.9. The van der Waals surface area contributed by atoms with E-state index in [1.807, 2.05) is 30.7 Å². The summed E-state index contributed by atoms with van der Waals surface area (Å²) in [5.41, 5.74) is 3.48. The quantitative estimate of drug-likeness (QED) is 0.390. The first-order valence-electron chi connectivity index (χ1n) is 9.92. The number of benzene rings is 2. The Hall–Kier alpha value is -2.54. The Balaban J connectivity index is 0.00000231. The minimum Gasteiger partial charge on any atom is -1.00 e. The van der Waals surface area contributed by atoms with Gasteiger partial charge in [0.15, 0.2) is 0 Å². The van der Waals surface area contributed by atoms with Crippen molar-refractivity contribution in [2.24, 2.45) is 7.05 Å². The molecule has 0 amide bonds. The van der Waals surface area contributed by atoms with E-state index in [1.54, 1.807) is 23.1 Å². The van der Waals surface area contributed by atoms with Crippen LogP contribution in [-0.2, 0) is 13.6 Å². The van der Waals surface area contributed by atoms with E-state index in [-0.39, 0.29) is 18.0 Å². The molecule has 0 N–H and O–H groups in total. The number of aromatic nitrogens is 2. The summed E-state index contributed by atoms with van der Waals surface area (Å²) in [7, 11) is 4.11. The van der Waals surface area contributed by atoms with Crippen LogP contribution in [0.15, 0.2) is 70.4 Å². The lowest BCUT2D eigenvalue weighted by atomic mass is 10.2. The second-order valence-electron chi connectivity index (χ2n) is 7.27. The number of pyridine rings is 1. The van der Waals surface area contributed by atoms with Crippen LogP contribution in [0.1, 0.15) is 12.6 Å². The predicted octanol–water partition coefficient (Wildman–Crippen LogP) is 0.0480. The molecule has 1 aliphatic heterocycles. The van der Waals surface area contributed by atoms with Crippen molar-refractivity contribution in [1.29, 1.82) is 0 Å². The average Bonchev–Trinajstić information content (AvgIpc) is 3.26. The summed E-state index contributed by atoms with van der Waals surface area (Å²) in [6, 6.07) is 20.9. The maximum absolute atomic E-state index is 13.3. The van der Waals surface area contributed by atoms with Crippen LogP contribution in [0, 0.1) is 0 Å². The van der Waals surface area contributed by atoms with Gasteiger partial charge in [0, 0.05) is 42.1 Å². The van der Waals surface area contributed by atoms with Crippen LogP contribution in [0.2, 0.25) is 0 Å². The fraction of sp³-hybridized carbons (Fsp3) is 0.167. The van der Waals surface area contributed by atoms with Crippen molar-refractivity contribution in [3.05, 3.63) is 85.9 Å². The van der Waals surface area contributed by atoms with Crippen molar-refractivity contribution >= 4 is 50.8 Å². The van der Waals surface area contributed by atoms with Crippen LogP contribution in [0.25, 0.3) is 22.0 Å². The van der Waals surface area contributed by atoms with Gasteiger partial charge in [-0.05, 0) is 31.2 Å². The zero-order valence-electron chi connectivity index (χ0n) is 17.5. The Morgan fingerprint density at radius 3 is 2.55 bits per heavy atom. The van der Waals surface area contributed by atoms with E-state index in [0.29, 0.717) is 6.54 Å². The fourth-order valence-corrected chi connectivity index (χ4v) is 6.36. The molecule has 0 aliphatic carbocycles. The second-order valence-corrected chi connectivity index (χ2v) is 9.33. The van der Waals surface area contributed by atoms with Crippen LogP contribution in [0.4, 0.5) is 5.69 Å². The molecule has 0 atom stereocenters. The molecule has 0 fully saturated rings. The predicted molar refractivity (Wildman–Crippen MR) is 126 cm³/mol. The second kappa shape index (κ2) is 8.54. The zero-order chi connectivity index (χ0) is 20.8. The molecular formula is C24H22ClN3OS2. The van der Waals surface area contributed by atoms with Crippen molar-refractivity contribution in [2.75, 3.05) is 11.9 Å². The lowest BCUT2D eigenvalue weighted by Crippen LogP contribution is -3.00. The summed E-state index contributed by atoms with van der Waals surface area (Å²) in [5.74, 6) is 0. The lowest BCUT2D eigenvalue weighted by molar-refractivity contribution is -0.646. The van der Waals surface area contributed by atoms with Crippen molar-refractivity contribution in [3.8, 4) is 0 Å². The van der Waals surface area contributed by atoms with Gasteiger partial charge in [-0.3, -0.25) is 9.36 Å². The Kier molecular flexibility index (Phi) is 5.97. The molecule has 0 radical (unpaired) electrons. The molecule has 2 aromatic heterocycles. The van der Waals surface area contributed by atoms with E-state index in [9.17, 15) is 4.79 Å². The Labute approximate surface area is 195 Å². The van der Waals surface area contributed by atoms with Crippen molar-refractivity contribution in [3.63, 3.8) is 0 Å². The van der Waals surface area contributed by atoms with Crippen LogP contribution >= 0.6 is 23.1 Å². The van der Waals surface area contributed by atoms with Crippen LogP contribution in [-0.4, -0.2) is 11.6 Å². The largest absolute Gasteiger partial charge is 1.00 e. The number of rotatable bonds is 2. The van der Waals surface area contributed by atoms with Crippen molar-refractivity contribution in [1.82, 2.24) is 4.57 Å². The minimum absolute atomic E-state index is 0. The normalized spacial score (nSPS) is 15.3. The van der Waals surface area contributed by atoms with Gasteiger partial charge < -0.3 is 17.3 Å². The third-order valence-corrected chi connectivity index (χ3v) is 8.04. The number of thiazole rings is 1. The lowest BCUT2D eigenvalue weighted by Gasteiger charge is -2.11. The first-order valence-corrected chi connectivity index (χ1v) is 11.6. The SMILES string of the molecule is CCn1c(=O)/c(=C2/Sc3ccccc3N2C)s/c1=C/c1ccc2ccccc2[n+]1C.[Cl-]. The Morgan fingerprint density at radius 1 is 1.03 bits per heavy atom. The number of hydrogen-bond acceptors (Lipinski definition) is 4. The first kappa shape index (κ1) is 21.7. The van der Waals surface area contributed by atoms with Crippen LogP contribution in [0.3, 0.4) is 0 Å². The van der Waals surface area contributed by atoms with Crippen LogP contribution < -0.4 is 36.6 Å². The number of fused-ring (bicyclic) bond motifs is 2. The summed E-state index contributed by atoms with van der Waals surface area (Å²) in [4.78, 5) is 16.6. The summed E-state index contributed by atoms with van der Waals surface area (Å²) in [5, 5.41) is 2.21. The van der Waals surface area contributed by atoms with E-state index < -0.39 is 0 Å². The van der Waals surface area contributed by atoms with Gasteiger partial charge in [-0.2, -0.15) is 4.57 Å². The highest BCUT2D eigenvalue weighted by Crippen LogP contribution is 2.44. The Morgan fingerprint density at radius 2 is 1.77 bits per heavy atom. The maximum Gasteiger partial charge on any atom is 0.271 e. The van der Waals surface area contributed by atoms with Crippen LogP contribution in [0.5, 0.6) is 0 Å². The molecule has 5 rings (SSSR count). The first-order chi connectivity index (χ1) is 14.6. The van der Waals surface area contributed by atoms with Gasteiger partial charge in [0.25, 0.3) is 5.56 Å². The smallest absolute Gasteiger partial charge is 0.271 e. The molecule has 0 unspecified atom stereocenters. The molecular weight excluding hydrogens is 446 g/mol. The molecule has 31 heavy (non-hydrogen) atoms. The molecule has 2 aromatic carbocycles. The summed E-state index contributed by atoms with van der Waals surface area (Å²) < 4.78 is 5.83. The number of para-hydroxylation sites is 2. The summed E-state index contributed by atoms with van der Waals surface area (Å²) in [6.07, 6.45) is 2.12. The van der Waals surface area contributed by atoms with Gasteiger partial charge >= 0.3 is 0 Å². The highest BCUT2D eigenvalue weighted by Gasteiger charge is 2.24. The monoisotopic (exact) mass is 467 g/mol. The van der Waals surface area contributed by atoms with E-state index in [1.165, 1.54) is 15.8 Å². The fourth-order valence-electron chi connectivity index (χ4n) is 3.90. The number of aryl methyl sites for hydroxylation is 1. The van der Waals surface area contributed by atoms with Gasteiger partial charge in [0.2, 0.25) is 11.2 Å². The number of hydrogen-bond donors (Lipinski definition) is 0. The van der Waals surface area contributed by atoms with Gasteiger partial charge in [0.05, 0.1) is 5.69 Å². The average molecular weight is 468 g/mol. The standard InChI is InChI=1S/C24H22N3OS2.ClH/c1-4-27-21(15-17-14-13-16-9-5-6-10-18(16)25(17)2)30-22(23(27)28)24-26(3)19-11-7-8-12-20(19)29-24;/h5-15H,4H2,1-3H3;1H/q+1;/p-1/b24-22-;. The van der Waals surface area contributed by atoms with Gasteiger partial charge in [-0.1, -0.05) is 36.0 Å². The number of halogens is 1. The number of thioether (sulfide) groups is 1. The number of anilines is 1. The molecule has 4 nitrogen and oxygen atoms in total. The third-order valence-electron chi connectivity index (χ3n) is 5.55. The molecule has 0 saturated carbocycles. The molecule has 3 heterocycles. The molecule has 4 aromatic rings. The van der Waals surface area contributed by atoms with Gasteiger partial charge in [0.1, 0.15) is 21.3 Å². The maximum atomic E-state index is 13.3. The summed E-state index contributed by atoms with van der Waals surface area (Å²) in [6.45, 7) is 2.67. The van der Waals surface area contributed by atoms with Crippen molar-refractivity contribution < 1.29 is 17.0 Å². The minimum atomic E-state index is 0. The molecule has 7 heteroatoms. The molecule has 0 bridgehead atoms. The van der Waals surface area contributed by atoms with Gasteiger partial charge in [-0.25, -0.2) is 0 Å². The third kappa shape index (κ3) is 3.59. The molecule has 1 aliphatic rings. The number of nitrogens with zero attached hydrogens (tertiary/aromatic N) is 3. The molecule has 158 valence electrons.